The van der Waals surface area contributed by atoms with Crippen LogP contribution < -0.4 is 40.6 Å². The van der Waals surface area contributed by atoms with Crippen LogP contribution in [-0.2, 0) is 0 Å². The highest BCUT2D eigenvalue weighted by atomic mass is 16.5. The van der Waals surface area contributed by atoms with Crippen molar-refractivity contribution in [3.05, 3.63) is 95.6 Å². The Kier molecular flexibility index (Phi) is 4.52. The van der Waals surface area contributed by atoms with E-state index >= 15 is 0 Å². The van der Waals surface area contributed by atoms with E-state index in [2.05, 4.69) is 94.4 Å². The van der Waals surface area contributed by atoms with E-state index in [9.17, 15) is 0 Å². The number of hydrogen-bond donors (Lipinski definition) is 0. The Morgan fingerprint density at radius 3 is 1.46 bits per heavy atom. The minimum absolute atomic E-state index is 0.141. The molecule has 0 aromatic heterocycles. The predicted molar refractivity (Wildman–Crippen MR) is 165 cm³/mol. The maximum absolute atomic E-state index is 6.85. The highest BCUT2D eigenvalue weighted by Gasteiger charge is 2.47. The topological polar surface area (TPSA) is 36.9 Å². The van der Waals surface area contributed by atoms with E-state index < -0.39 is 0 Å². The van der Waals surface area contributed by atoms with E-state index in [4.69, 9.17) is 18.8 Å². The summed E-state index contributed by atoms with van der Waals surface area (Å²) in [5, 5.41) is 0. The van der Waals surface area contributed by atoms with Gasteiger partial charge in [-0.15, -0.1) is 0 Å². The fourth-order valence-corrected chi connectivity index (χ4v) is 7.15. The van der Waals surface area contributed by atoms with Gasteiger partial charge in [0.1, 0.15) is 34.5 Å². The lowest BCUT2D eigenvalue weighted by atomic mass is 9.46. The van der Waals surface area contributed by atoms with Crippen molar-refractivity contribution in [1.82, 2.24) is 0 Å². The third-order valence-corrected chi connectivity index (χ3v) is 8.83. The molecule has 0 bridgehead atoms. The maximum Gasteiger partial charge on any atom is 0.434 e. The number of rotatable bonds is 1. The fourth-order valence-electron chi connectivity index (χ4n) is 7.15. The van der Waals surface area contributed by atoms with Crippen molar-refractivity contribution >= 4 is 35.7 Å². The second-order valence-corrected chi connectivity index (χ2v) is 11.9. The summed E-state index contributed by atoms with van der Waals surface area (Å²) in [5.74, 6) is 5.29. The van der Waals surface area contributed by atoms with Gasteiger partial charge in [0, 0.05) is 38.5 Å². The summed E-state index contributed by atoms with van der Waals surface area (Å²) in [6.07, 6.45) is 0. The molecule has 0 atom stereocenters. The van der Waals surface area contributed by atoms with Crippen molar-refractivity contribution in [3.63, 3.8) is 0 Å². The van der Waals surface area contributed by atoms with Crippen LogP contribution in [-0.4, -0.2) is 13.8 Å². The number of hydrogen-bond acceptors (Lipinski definition) is 4. The van der Waals surface area contributed by atoms with Crippen LogP contribution in [0.1, 0.15) is 36.5 Å². The molecule has 4 aliphatic rings. The van der Waals surface area contributed by atoms with Gasteiger partial charge in [0.25, 0.3) is 0 Å². The van der Waals surface area contributed by atoms with Crippen molar-refractivity contribution in [2.45, 2.75) is 33.6 Å². The van der Waals surface area contributed by atoms with Crippen LogP contribution in [0.5, 0.6) is 34.5 Å². The molecule has 6 heteroatoms. The van der Waals surface area contributed by atoms with E-state index in [-0.39, 0.29) is 19.7 Å². The largest absolute Gasteiger partial charge is 0.551 e. The van der Waals surface area contributed by atoms with Gasteiger partial charge in [-0.25, -0.2) is 0 Å². The third kappa shape index (κ3) is 3.08. The first-order valence-corrected chi connectivity index (χ1v) is 14.3. The SMILES string of the molecule is Cc1cc2c3c(c1)-c1ccccc1OB3c1cc3c(c(C(C)C)c1O2)Oc1cc(C)cc2c1B3Oc1ccccc1-2. The van der Waals surface area contributed by atoms with Gasteiger partial charge in [-0.3, -0.25) is 0 Å². The Morgan fingerprint density at radius 2 is 1.00 bits per heavy atom. The Bertz CT molecular complexity index is 1840. The maximum atomic E-state index is 6.85. The molecule has 196 valence electrons. The quantitative estimate of drug-likeness (QED) is 0.250. The lowest BCUT2D eigenvalue weighted by Crippen LogP contribution is -2.58. The molecule has 4 aliphatic heterocycles. The standard InChI is InChI=1S/C35H26B2O4/c1-18(2)31-34-25(36-32-23(13-19(3)15-29(32)38-34)21-9-5-7-11-27(21)40-36)17-26-35(31)39-30-16-20(4)14-24-22-10-6-8-12-28(22)41-37(26)33(24)30/h5-18H,1-4H3. The van der Waals surface area contributed by atoms with Crippen molar-refractivity contribution in [2.24, 2.45) is 0 Å². The fraction of sp³-hybridized carbons (Fsp3) is 0.143. The van der Waals surface area contributed by atoms with Crippen LogP contribution in [0.3, 0.4) is 0 Å². The van der Waals surface area contributed by atoms with Gasteiger partial charge in [-0.05, 0) is 66.3 Å². The Morgan fingerprint density at radius 1 is 0.537 bits per heavy atom. The number of ether oxygens (including phenoxy) is 2. The van der Waals surface area contributed by atoms with Gasteiger partial charge in [-0.1, -0.05) is 68.4 Å². The Hall–Kier alpha value is -4.57. The Labute approximate surface area is 240 Å². The van der Waals surface area contributed by atoms with Crippen LogP contribution in [0.2, 0.25) is 0 Å². The van der Waals surface area contributed by atoms with E-state index in [0.717, 1.165) is 84.2 Å². The third-order valence-electron chi connectivity index (χ3n) is 8.83. The van der Waals surface area contributed by atoms with Crippen LogP contribution in [0.25, 0.3) is 22.3 Å². The van der Waals surface area contributed by atoms with E-state index in [1.54, 1.807) is 0 Å². The van der Waals surface area contributed by atoms with E-state index in [1.807, 2.05) is 12.1 Å². The first kappa shape index (κ1) is 23.2. The minimum atomic E-state index is -0.295. The van der Waals surface area contributed by atoms with Crippen molar-refractivity contribution in [2.75, 3.05) is 0 Å². The molecule has 0 spiro atoms. The molecule has 5 aromatic rings. The molecule has 4 heterocycles. The summed E-state index contributed by atoms with van der Waals surface area (Å²) in [7, 11) is 0. The Balaban J connectivity index is 1.32. The van der Waals surface area contributed by atoms with Crippen molar-refractivity contribution in [3.8, 4) is 56.8 Å². The molecule has 0 N–H and O–H groups in total. The first-order valence-electron chi connectivity index (χ1n) is 14.3. The molecule has 4 nitrogen and oxygen atoms in total. The smallest absolute Gasteiger partial charge is 0.434 e. The predicted octanol–water partition coefficient (Wildman–Crippen LogP) is 5.97. The average molecular weight is 532 g/mol. The number of aryl methyl sites for hydroxylation is 2. The lowest BCUT2D eigenvalue weighted by molar-refractivity contribution is 0.443. The van der Waals surface area contributed by atoms with Crippen LogP contribution >= 0.6 is 0 Å². The molecule has 5 aromatic carbocycles. The molecule has 9 rings (SSSR count). The summed E-state index contributed by atoms with van der Waals surface area (Å²) in [6, 6.07) is 27.5. The van der Waals surface area contributed by atoms with Gasteiger partial charge in [0.2, 0.25) is 0 Å². The molecule has 0 aliphatic carbocycles. The molecular formula is C35H26B2O4. The second-order valence-electron chi connectivity index (χ2n) is 11.9. The minimum Gasteiger partial charge on any atom is -0.551 e. The molecule has 0 fully saturated rings. The summed E-state index contributed by atoms with van der Waals surface area (Å²) >= 11 is 0. The number of fused-ring (bicyclic) bond motifs is 8. The van der Waals surface area contributed by atoms with Crippen LogP contribution in [0, 0.1) is 13.8 Å². The monoisotopic (exact) mass is 532 g/mol. The number of para-hydroxylation sites is 2. The molecule has 0 radical (unpaired) electrons. The molecule has 0 saturated heterocycles. The van der Waals surface area contributed by atoms with Crippen LogP contribution in [0.4, 0.5) is 0 Å². The van der Waals surface area contributed by atoms with E-state index in [0.29, 0.717) is 0 Å². The normalized spacial score (nSPS) is 14.3. The second kappa shape index (κ2) is 8.01. The number of benzene rings is 5. The summed E-state index contributed by atoms with van der Waals surface area (Å²) in [5.41, 5.74) is 12.1. The van der Waals surface area contributed by atoms with Gasteiger partial charge < -0.3 is 18.8 Å². The van der Waals surface area contributed by atoms with Gasteiger partial charge in [0.15, 0.2) is 0 Å². The lowest BCUT2D eigenvalue weighted by Gasteiger charge is -2.38. The highest BCUT2D eigenvalue weighted by Crippen LogP contribution is 2.46. The first-order chi connectivity index (χ1) is 20.0. The average Bonchev–Trinajstić information content (AvgIpc) is 2.96. The van der Waals surface area contributed by atoms with Crippen molar-refractivity contribution < 1.29 is 18.8 Å². The molecule has 0 saturated carbocycles. The van der Waals surface area contributed by atoms with Crippen LogP contribution in [0.15, 0.2) is 78.9 Å². The molecular weight excluding hydrogens is 506 g/mol. The zero-order valence-electron chi connectivity index (χ0n) is 23.4. The summed E-state index contributed by atoms with van der Waals surface area (Å²) in [4.78, 5) is 0. The zero-order chi connectivity index (χ0) is 27.6. The van der Waals surface area contributed by atoms with Crippen molar-refractivity contribution in [1.29, 1.82) is 0 Å². The summed E-state index contributed by atoms with van der Waals surface area (Å²) < 4.78 is 27.3. The highest BCUT2D eigenvalue weighted by molar-refractivity contribution is 6.87. The summed E-state index contributed by atoms with van der Waals surface area (Å²) in [6.45, 7) is 8.05. The molecule has 0 amide bonds. The zero-order valence-corrected chi connectivity index (χ0v) is 23.4. The van der Waals surface area contributed by atoms with Gasteiger partial charge >= 0.3 is 13.8 Å². The van der Waals surface area contributed by atoms with Gasteiger partial charge in [0.05, 0.1) is 0 Å². The van der Waals surface area contributed by atoms with Gasteiger partial charge in [-0.2, -0.15) is 0 Å². The molecule has 0 unspecified atom stereocenters. The molecule has 41 heavy (non-hydrogen) atoms. The van der Waals surface area contributed by atoms with E-state index in [1.165, 1.54) is 11.1 Å².